The van der Waals surface area contributed by atoms with Crippen molar-refractivity contribution >= 4 is 11.8 Å². The van der Waals surface area contributed by atoms with E-state index in [2.05, 4.69) is 25.6 Å². The summed E-state index contributed by atoms with van der Waals surface area (Å²) in [5.41, 5.74) is 2.59. The van der Waals surface area contributed by atoms with Crippen LogP contribution in [0.2, 0.25) is 0 Å². The van der Waals surface area contributed by atoms with Crippen LogP contribution in [0.1, 0.15) is 44.6 Å². The molecule has 1 saturated carbocycles. The van der Waals surface area contributed by atoms with Crippen LogP contribution in [0.5, 0.6) is 0 Å². The van der Waals surface area contributed by atoms with E-state index < -0.39 is 6.17 Å². The maximum atomic E-state index is 13.7. The molecule has 32 heavy (non-hydrogen) atoms. The first kappa shape index (κ1) is 22.8. The Morgan fingerprint density at radius 3 is 2.72 bits per heavy atom. The first-order chi connectivity index (χ1) is 15.6. The van der Waals surface area contributed by atoms with E-state index in [0.717, 1.165) is 42.5 Å². The number of aliphatic hydroxyl groups excluding tert-OH is 1. The van der Waals surface area contributed by atoms with Gasteiger partial charge in [0.25, 0.3) is 0 Å². The number of hydrogen-bond donors (Lipinski definition) is 3. The summed E-state index contributed by atoms with van der Waals surface area (Å²) in [5, 5.41) is 16.3. The van der Waals surface area contributed by atoms with Crippen LogP contribution in [0.25, 0.3) is 11.3 Å². The van der Waals surface area contributed by atoms with Crippen LogP contribution < -0.4 is 10.6 Å². The molecule has 0 amide bonds. The minimum Gasteiger partial charge on any atom is -0.393 e. The number of rotatable bonds is 9. The fraction of sp³-hybridized carbons (Fsp3) is 0.609. The Balaban J connectivity index is 1.56. The van der Waals surface area contributed by atoms with Crippen molar-refractivity contribution in [2.24, 2.45) is 0 Å². The van der Waals surface area contributed by atoms with Crippen LogP contribution in [-0.2, 0) is 15.9 Å². The molecule has 174 valence electrons. The van der Waals surface area contributed by atoms with Gasteiger partial charge in [0.15, 0.2) is 6.29 Å². The first-order valence-corrected chi connectivity index (χ1v) is 11.5. The standard InChI is InChI=1S/C23H32FN5O3/c1-2-16(24)13-26-23-27-14-19(22(29-23)28-17-3-5-18(30)6-4-17)20-11-15(7-8-25-20)12-21-31-9-10-32-21/h7-8,11,14,16-18,21,30H,2-6,9-10,12-13H2,1H3,(H2,26,27,28,29)/t16-,17?,18?/m0/s1. The maximum Gasteiger partial charge on any atom is 0.224 e. The SMILES string of the molecule is CC[C@H](F)CNc1ncc(-c2cc(CC3OCCO3)ccn2)c(NC2CCC(O)CC2)n1. The Hall–Kier alpha value is -2.36. The number of nitrogens with zero attached hydrogens (tertiary/aromatic N) is 3. The second kappa shape index (κ2) is 11.0. The van der Waals surface area contributed by atoms with Crippen molar-refractivity contribution in [1.29, 1.82) is 0 Å². The molecule has 3 heterocycles. The molecule has 3 N–H and O–H groups in total. The number of aliphatic hydroxyl groups is 1. The predicted molar refractivity (Wildman–Crippen MR) is 120 cm³/mol. The van der Waals surface area contributed by atoms with Gasteiger partial charge in [-0.3, -0.25) is 4.98 Å². The van der Waals surface area contributed by atoms with Gasteiger partial charge in [0.05, 0.1) is 30.6 Å². The highest BCUT2D eigenvalue weighted by atomic mass is 19.1. The van der Waals surface area contributed by atoms with E-state index in [4.69, 9.17) is 9.47 Å². The lowest BCUT2D eigenvalue weighted by Crippen LogP contribution is -2.29. The molecule has 4 rings (SSSR count). The fourth-order valence-corrected chi connectivity index (χ4v) is 3.99. The maximum absolute atomic E-state index is 13.7. The molecule has 0 aromatic carbocycles. The zero-order chi connectivity index (χ0) is 22.3. The zero-order valence-corrected chi connectivity index (χ0v) is 18.5. The van der Waals surface area contributed by atoms with Crippen LogP contribution in [-0.4, -0.2) is 64.4 Å². The van der Waals surface area contributed by atoms with Gasteiger partial charge in [-0.1, -0.05) is 6.92 Å². The quantitative estimate of drug-likeness (QED) is 0.540. The largest absolute Gasteiger partial charge is 0.393 e. The average Bonchev–Trinajstić information content (AvgIpc) is 3.32. The van der Waals surface area contributed by atoms with Crippen molar-refractivity contribution in [2.45, 2.75) is 70.1 Å². The Morgan fingerprint density at radius 1 is 1.19 bits per heavy atom. The van der Waals surface area contributed by atoms with Gasteiger partial charge in [-0.25, -0.2) is 9.37 Å². The highest BCUT2D eigenvalue weighted by Crippen LogP contribution is 2.29. The molecule has 0 bridgehead atoms. The van der Waals surface area contributed by atoms with Crippen LogP contribution in [0.3, 0.4) is 0 Å². The van der Waals surface area contributed by atoms with Crippen molar-refractivity contribution in [1.82, 2.24) is 15.0 Å². The molecule has 2 fully saturated rings. The van der Waals surface area contributed by atoms with Crippen molar-refractivity contribution in [2.75, 3.05) is 30.4 Å². The van der Waals surface area contributed by atoms with Gasteiger partial charge in [-0.05, 0) is 49.8 Å². The number of ether oxygens (including phenoxy) is 2. The molecule has 0 radical (unpaired) electrons. The van der Waals surface area contributed by atoms with Crippen molar-refractivity contribution in [3.05, 3.63) is 30.1 Å². The van der Waals surface area contributed by atoms with E-state index in [1.165, 1.54) is 0 Å². The Kier molecular flexibility index (Phi) is 7.83. The number of nitrogens with one attached hydrogen (secondary N) is 2. The second-order valence-electron chi connectivity index (χ2n) is 8.42. The topological polar surface area (TPSA) is 101 Å². The van der Waals surface area contributed by atoms with Gasteiger partial charge in [-0.15, -0.1) is 0 Å². The number of aromatic nitrogens is 3. The number of pyridine rings is 1. The fourth-order valence-electron chi connectivity index (χ4n) is 3.99. The highest BCUT2D eigenvalue weighted by molar-refractivity contribution is 5.73. The minimum atomic E-state index is -0.951. The smallest absolute Gasteiger partial charge is 0.224 e. The van der Waals surface area contributed by atoms with Crippen LogP contribution in [0.4, 0.5) is 16.2 Å². The van der Waals surface area contributed by atoms with E-state index in [1.807, 2.05) is 12.1 Å². The molecule has 1 atom stereocenters. The predicted octanol–water partition coefficient (Wildman–Crippen LogP) is 3.33. The molecule has 2 aromatic heterocycles. The van der Waals surface area contributed by atoms with Gasteiger partial charge >= 0.3 is 0 Å². The molecule has 8 nitrogen and oxygen atoms in total. The number of anilines is 2. The molecule has 0 spiro atoms. The van der Waals surface area contributed by atoms with E-state index >= 15 is 0 Å². The van der Waals surface area contributed by atoms with Crippen molar-refractivity contribution in [3.63, 3.8) is 0 Å². The first-order valence-electron chi connectivity index (χ1n) is 11.5. The normalized spacial score (nSPS) is 22.6. The summed E-state index contributed by atoms with van der Waals surface area (Å²) in [4.78, 5) is 13.6. The molecular weight excluding hydrogens is 413 g/mol. The summed E-state index contributed by atoms with van der Waals surface area (Å²) < 4.78 is 24.8. The van der Waals surface area contributed by atoms with Gasteiger partial charge < -0.3 is 25.2 Å². The number of halogens is 1. The average molecular weight is 446 g/mol. The van der Waals surface area contributed by atoms with E-state index in [0.29, 0.717) is 37.8 Å². The molecule has 1 aliphatic heterocycles. The molecular formula is C23H32FN5O3. The van der Waals surface area contributed by atoms with Crippen molar-refractivity contribution < 1.29 is 19.0 Å². The minimum absolute atomic E-state index is 0.167. The number of hydrogen-bond acceptors (Lipinski definition) is 8. The molecule has 9 heteroatoms. The highest BCUT2D eigenvalue weighted by Gasteiger charge is 2.22. The summed E-state index contributed by atoms with van der Waals surface area (Å²) in [6, 6.07) is 4.15. The molecule has 2 aliphatic rings. The van der Waals surface area contributed by atoms with Crippen LogP contribution >= 0.6 is 0 Å². The summed E-state index contributed by atoms with van der Waals surface area (Å²) in [6.45, 7) is 3.21. The van der Waals surface area contributed by atoms with Gasteiger partial charge in [-0.2, -0.15) is 4.98 Å². The summed E-state index contributed by atoms with van der Waals surface area (Å²) in [5.74, 6) is 1.04. The monoisotopic (exact) mass is 445 g/mol. The van der Waals surface area contributed by atoms with Crippen LogP contribution in [0.15, 0.2) is 24.5 Å². The Bertz CT molecular complexity index is 872. The lowest BCUT2D eigenvalue weighted by Gasteiger charge is -2.27. The second-order valence-corrected chi connectivity index (χ2v) is 8.42. The third-order valence-corrected chi connectivity index (χ3v) is 5.94. The van der Waals surface area contributed by atoms with E-state index in [-0.39, 0.29) is 25.0 Å². The Labute approximate surface area is 188 Å². The van der Waals surface area contributed by atoms with Gasteiger partial charge in [0, 0.05) is 31.4 Å². The molecule has 1 aliphatic carbocycles. The van der Waals surface area contributed by atoms with E-state index in [1.54, 1.807) is 19.3 Å². The summed E-state index contributed by atoms with van der Waals surface area (Å²) >= 11 is 0. The third kappa shape index (κ3) is 6.11. The lowest BCUT2D eigenvalue weighted by molar-refractivity contribution is -0.0399. The lowest BCUT2D eigenvalue weighted by atomic mass is 9.93. The van der Waals surface area contributed by atoms with Crippen LogP contribution in [0, 0.1) is 0 Å². The third-order valence-electron chi connectivity index (χ3n) is 5.94. The number of alkyl halides is 1. The summed E-state index contributed by atoms with van der Waals surface area (Å²) in [7, 11) is 0. The van der Waals surface area contributed by atoms with Crippen molar-refractivity contribution in [3.8, 4) is 11.3 Å². The molecule has 1 saturated heterocycles. The zero-order valence-electron chi connectivity index (χ0n) is 18.5. The molecule has 2 aromatic rings. The Morgan fingerprint density at radius 2 is 1.97 bits per heavy atom. The van der Waals surface area contributed by atoms with Gasteiger partial charge in [0.1, 0.15) is 12.0 Å². The summed E-state index contributed by atoms with van der Waals surface area (Å²) in [6.07, 6.45) is 6.41. The van der Waals surface area contributed by atoms with E-state index in [9.17, 15) is 9.50 Å². The van der Waals surface area contributed by atoms with Gasteiger partial charge in [0.2, 0.25) is 5.95 Å². The molecule has 0 unspecified atom stereocenters.